The molecule has 0 aliphatic heterocycles. The van der Waals surface area contributed by atoms with E-state index in [2.05, 4.69) is 20.6 Å². The van der Waals surface area contributed by atoms with Crippen LogP contribution in [0.1, 0.15) is 46.5 Å². The second kappa shape index (κ2) is 9.60. The molecule has 0 saturated heterocycles. The van der Waals surface area contributed by atoms with Gasteiger partial charge in [-0.05, 0) is 37.8 Å². The van der Waals surface area contributed by atoms with E-state index < -0.39 is 23.5 Å². The third-order valence-electron chi connectivity index (χ3n) is 6.14. The molecule has 178 valence electrons. The zero-order valence-electron chi connectivity index (χ0n) is 19.3. The molecule has 0 atom stereocenters. The molecule has 33 heavy (non-hydrogen) atoms. The Morgan fingerprint density at radius 1 is 1.18 bits per heavy atom. The Labute approximate surface area is 192 Å². The second-order valence-electron chi connectivity index (χ2n) is 9.17. The van der Waals surface area contributed by atoms with Crippen molar-refractivity contribution < 1.29 is 23.5 Å². The van der Waals surface area contributed by atoms with Crippen LogP contribution in [0.25, 0.3) is 11.3 Å². The van der Waals surface area contributed by atoms with E-state index in [9.17, 15) is 14.0 Å². The summed E-state index contributed by atoms with van der Waals surface area (Å²) in [5, 5.41) is 5.65. The number of ether oxygens (including phenoxy) is 2. The number of nitrogens with zero attached hydrogens (tertiary/aromatic N) is 2. The molecule has 10 heteroatoms. The van der Waals surface area contributed by atoms with Gasteiger partial charge >= 0.3 is 12.1 Å². The largest absolute Gasteiger partial charge is 0.496 e. The number of anilines is 1. The van der Waals surface area contributed by atoms with Crippen LogP contribution in [0.3, 0.4) is 0 Å². The number of halogens is 1. The molecule has 1 aromatic carbocycles. The number of rotatable bonds is 5. The summed E-state index contributed by atoms with van der Waals surface area (Å²) in [4.78, 5) is 32.3. The molecule has 0 radical (unpaired) electrons. The lowest BCUT2D eigenvalue weighted by Gasteiger charge is -2.47. The van der Waals surface area contributed by atoms with Crippen molar-refractivity contribution in [1.29, 1.82) is 0 Å². The Hall–Kier alpha value is -3.43. The van der Waals surface area contributed by atoms with Gasteiger partial charge in [0.1, 0.15) is 29.3 Å². The van der Waals surface area contributed by atoms with Crippen molar-refractivity contribution in [3.63, 3.8) is 0 Å². The summed E-state index contributed by atoms with van der Waals surface area (Å²) < 4.78 is 24.3. The molecule has 1 aromatic heterocycles. The van der Waals surface area contributed by atoms with Crippen LogP contribution in [-0.2, 0) is 4.74 Å². The van der Waals surface area contributed by atoms with E-state index in [1.165, 1.54) is 25.6 Å². The smallest absolute Gasteiger partial charge is 0.405 e. The average Bonchev–Trinajstić information content (AvgIpc) is 2.74. The molecule has 1 saturated carbocycles. The SMILES string of the molecule is COc1cc(F)ccc1-c1cc(NC(=O)NC2CCC(OC(N)=O)(C(C)(C)C)CC2)ncn1. The molecular formula is C23H30FN5O4. The fourth-order valence-corrected chi connectivity index (χ4v) is 4.21. The topological polar surface area (TPSA) is 128 Å². The standard InChI is InChI=1S/C23H30FN5O4/c1-22(2,3)23(33-20(25)30)9-7-15(8-10-23)28-21(31)29-19-12-17(26-13-27-19)16-6-5-14(24)11-18(16)32-4/h5-6,11-13,15H,7-10H2,1-4H3,(H2,25,30)(H2,26,27,28,29,31). The van der Waals surface area contributed by atoms with Crippen LogP contribution in [0.2, 0.25) is 0 Å². The van der Waals surface area contributed by atoms with Gasteiger partial charge in [0.25, 0.3) is 0 Å². The lowest BCUT2D eigenvalue weighted by atomic mass is 9.67. The predicted octanol–water partition coefficient (Wildman–Crippen LogP) is 4.24. The number of carbonyl (C=O) groups is 2. The molecule has 0 bridgehead atoms. The van der Waals surface area contributed by atoms with Crippen LogP contribution < -0.4 is 21.1 Å². The fourth-order valence-electron chi connectivity index (χ4n) is 4.21. The summed E-state index contributed by atoms with van der Waals surface area (Å²) in [6, 6.07) is 5.22. The van der Waals surface area contributed by atoms with Gasteiger partial charge in [0.05, 0.1) is 12.8 Å². The van der Waals surface area contributed by atoms with Gasteiger partial charge in [0, 0.05) is 29.2 Å². The van der Waals surface area contributed by atoms with E-state index in [-0.39, 0.29) is 11.5 Å². The first-order valence-corrected chi connectivity index (χ1v) is 10.7. The Balaban J connectivity index is 1.63. The zero-order valence-corrected chi connectivity index (χ0v) is 19.3. The number of nitrogens with one attached hydrogen (secondary N) is 2. The van der Waals surface area contributed by atoms with E-state index >= 15 is 0 Å². The number of benzene rings is 1. The monoisotopic (exact) mass is 459 g/mol. The van der Waals surface area contributed by atoms with Gasteiger partial charge in [-0.25, -0.2) is 23.9 Å². The van der Waals surface area contributed by atoms with Gasteiger partial charge in [-0.3, -0.25) is 5.32 Å². The van der Waals surface area contributed by atoms with Crippen molar-refractivity contribution in [2.45, 2.75) is 58.1 Å². The van der Waals surface area contributed by atoms with E-state index in [0.29, 0.717) is 48.5 Å². The van der Waals surface area contributed by atoms with Crippen LogP contribution in [-0.4, -0.2) is 40.8 Å². The van der Waals surface area contributed by atoms with Crippen LogP contribution in [0, 0.1) is 11.2 Å². The first kappa shape index (κ1) is 24.2. The minimum Gasteiger partial charge on any atom is -0.496 e. The number of nitrogens with two attached hydrogens (primary N) is 1. The number of hydrogen-bond acceptors (Lipinski definition) is 6. The average molecular weight is 460 g/mol. The third kappa shape index (κ3) is 5.68. The number of urea groups is 1. The van der Waals surface area contributed by atoms with Crippen molar-refractivity contribution >= 4 is 17.9 Å². The van der Waals surface area contributed by atoms with Gasteiger partial charge in [0.15, 0.2) is 0 Å². The minimum absolute atomic E-state index is 0.0875. The normalized spacial score (nSPS) is 20.6. The molecule has 1 fully saturated rings. The number of aromatic nitrogens is 2. The maximum Gasteiger partial charge on any atom is 0.405 e. The van der Waals surface area contributed by atoms with E-state index in [1.807, 2.05) is 20.8 Å². The summed E-state index contributed by atoms with van der Waals surface area (Å²) in [6.45, 7) is 6.04. The molecule has 3 rings (SSSR count). The maximum atomic E-state index is 13.5. The number of carbonyl (C=O) groups excluding carboxylic acids is 2. The van der Waals surface area contributed by atoms with Gasteiger partial charge < -0.3 is 20.5 Å². The minimum atomic E-state index is -0.786. The number of amides is 3. The summed E-state index contributed by atoms with van der Waals surface area (Å²) in [5.41, 5.74) is 5.41. The Morgan fingerprint density at radius 3 is 2.48 bits per heavy atom. The second-order valence-corrected chi connectivity index (χ2v) is 9.17. The molecule has 3 amide bonds. The van der Waals surface area contributed by atoms with E-state index in [4.69, 9.17) is 15.2 Å². The summed E-state index contributed by atoms with van der Waals surface area (Å²) in [5.74, 6) is 0.194. The van der Waals surface area contributed by atoms with Crippen LogP contribution in [0.5, 0.6) is 5.75 Å². The molecule has 0 spiro atoms. The Bertz CT molecular complexity index is 1020. The highest BCUT2D eigenvalue weighted by Crippen LogP contribution is 2.45. The molecule has 4 N–H and O–H groups in total. The third-order valence-corrected chi connectivity index (χ3v) is 6.14. The molecule has 1 aliphatic carbocycles. The number of hydrogen-bond donors (Lipinski definition) is 3. The van der Waals surface area contributed by atoms with Crippen molar-refractivity contribution in [3.8, 4) is 17.0 Å². The summed E-state index contributed by atoms with van der Waals surface area (Å²) >= 11 is 0. The summed E-state index contributed by atoms with van der Waals surface area (Å²) in [7, 11) is 1.44. The lowest BCUT2D eigenvalue weighted by Crippen LogP contribution is -2.53. The van der Waals surface area contributed by atoms with Crippen molar-refractivity contribution in [1.82, 2.24) is 15.3 Å². The van der Waals surface area contributed by atoms with Crippen LogP contribution in [0.4, 0.5) is 19.8 Å². The van der Waals surface area contributed by atoms with Crippen LogP contribution >= 0.6 is 0 Å². The molecule has 1 heterocycles. The van der Waals surface area contributed by atoms with Gasteiger partial charge in [-0.1, -0.05) is 20.8 Å². The maximum absolute atomic E-state index is 13.5. The fraction of sp³-hybridized carbons (Fsp3) is 0.478. The molecular weight excluding hydrogens is 429 g/mol. The lowest BCUT2D eigenvalue weighted by molar-refractivity contribution is -0.0925. The van der Waals surface area contributed by atoms with Crippen molar-refractivity contribution in [2.24, 2.45) is 11.1 Å². The van der Waals surface area contributed by atoms with Gasteiger partial charge in [-0.15, -0.1) is 0 Å². The summed E-state index contributed by atoms with van der Waals surface area (Å²) in [6.07, 6.45) is 2.98. The van der Waals surface area contributed by atoms with E-state index in [1.54, 1.807) is 12.1 Å². The Kier molecular flexibility index (Phi) is 7.04. The molecule has 2 aromatic rings. The number of primary amides is 1. The van der Waals surface area contributed by atoms with E-state index in [0.717, 1.165) is 0 Å². The van der Waals surface area contributed by atoms with Crippen molar-refractivity contribution in [3.05, 3.63) is 36.4 Å². The van der Waals surface area contributed by atoms with Gasteiger partial charge in [-0.2, -0.15) is 0 Å². The first-order chi connectivity index (χ1) is 15.5. The first-order valence-electron chi connectivity index (χ1n) is 10.7. The highest BCUT2D eigenvalue weighted by atomic mass is 19.1. The Morgan fingerprint density at radius 2 is 1.88 bits per heavy atom. The molecule has 0 unspecified atom stereocenters. The van der Waals surface area contributed by atoms with Gasteiger partial charge in [0.2, 0.25) is 0 Å². The quantitative estimate of drug-likeness (QED) is 0.614. The molecule has 1 aliphatic rings. The number of methoxy groups -OCH3 is 1. The van der Waals surface area contributed by atoms with Crippen molar-refractivity contribution in [2.75, 3.05) is 12.4 Å². The molecule has 9 nitrogen and oxygen atoms in total. The van der Waals surface area contributed by atoms with Crippen LogP contribution in [0.15, 0.2) is 30.6 Å². The highest BCUT2D eigenvalue weighted by molar-refractivity contribution is 5.89. The zero-order chi connectivity index (χ0) is 24.2. The highest BCUT2D eigenvalue weighted by Gasteiger charge is 2.47. The predicted molar refractivity (Wildman–Crippen MR) is 121 cm³/mol.